The summed E-state index contributed by atoms with van der Waals surface area (Å²) in [4.78, 5) is 22.9. The molecule has 33 heavy (non-hydrogen) atoms. The molecule has 1 spiro atoms. The minimum absolute atomic E-state index is 0.114. The Bertz CT molecular complexity index is 1400. The van der Waals surface area contributed by atoms with Crippen LogP contribution in [0.1, 0.15) is 26.2 Å². The Morgan fingerprint density at radius 3 is 2.79 bits per heavy atom. The van der Waals surface area contributed by atoms with Gasteiger partial charge in [0.05, 0.1) is 29.2 Å². The van der Waals surface area contributed by atoms with E-state index in [1.54, 1.807) is 19.3 Å². The summed E-state index contributed by atoms with van der Waals surface area (Å²) in [5.74, 6) is 0.114. The molecule has 1 saturated heterocycles. The molecular weight excluding hydrogens is 416 g/mol. The Morgan fingerprint density at radius 1 is 1.21 bits per heavy atom. The molecule has 164 valence electrons. The van der Waals surface area contributed by atoms with Gasteiger partial charge in [-0.25, -0.2) is 4.98 Å². The third-order valence-electron chi connectivity index (χ3n) is 6.99. The summed E-state index contributed by atoms with van der Waals surface area (Å²) in [6, 6.07) is 12.0. The molecule has 0 unspecified atom stereocenters. The Hall–Kier alpha value is -4.06. The van der Waals surface area contributed by atoms with Gasteiger partial charge in [-0.1, -0.05) is 0 Å². The number of aromatic amines is 1. The van der Waals surface area contributed by atoms with Crippen molar-refractivity contribution in [3.63, 3.8) is 0 Å². The topological polar surface area (TPSA) is 116 Å². The van der Waals surface area contributed by atoms with Crippen molar-refractivity contribution < 1.29 is 4.79 Å². The first-order valence-electron chi connectivity index (χ1n) is 11.0. The van der Waals surface area contributed by atoms with Crippen LogP contribution in [-0.2, 0) is 10.3 Å². The number of hydrogen-bond donors (Lipinski definition) is 1. The van der Waals surface area contributed by atoms with Gasteiger partial charge in [-0.3, -0.25) is 19.6 Å². The van der Waals surface area contributed by atoms with E-state index in [1.807, 2.05) is 46.1 Å². The van der Waals surface area contributed by atoms with Crippen molar-refractivity contribution in [1.29, 1.82) is 5.26 Å². The van der Waals surface area contributed by atoms with E-state index in [4.69, 9.17) is 10.1 Å². The number of carbonyl (C=O) groups is 1. The highest BCUT2D eigenvalue weighted by atomic mass is 16.2. The maximum Gasteiger partial charge on any atom is 0.219 e. The monoisotopic (exact) mass is 438 g/mol. The fourth-order valence-electron chi connectivity index (χ4n) is 5.59. The van der Waals surface area contributed by atoms with Crippen LogP contribution in [0.4, 0.5) is 0 Å². The number of hydrogen-bond acceptors (Lipinski definition) is 6. The summed E-state index contributed by atoms with van der Waals surface area (Å²) in [5, 5.41) is 22.5. The summed E-state index contributed by atoms with van der Waals surface area (Å²) in [6.07, 6.45) is 7.56. The molecule has 1 N–H and O–H groups in total. The first-order chi connectivity index (χ1) is 16.0. The van der Waals surface area contributed by atoms with Gasteiger partial charge in [0.15, 0.2) is 0 Å². The van der Waals surface area contributed by atoms with Crippen molar-refractivity contribution in [1.82, 2.24) is 34.8 Å². The lowest BCUT2D eigenvalue weighted by molar-refractivity contribution is -0.164. The maximum atomic E-state index is 11.6. The molecule has 1 aliphatic heterocycles. The molecule has 9 nitrogen and oxygen atoms in total. The van der Waals surface area contributed by atoms with Crippen LogP contribution in [0.25, 0.3) is 33.7 Å². The van der Waals surface area contributed by atoms with E-state index in [0.29, 0.717) is 6.42 Å². The SMILES string of the molecule is CC(=O)N1CC2(C1)CC(CC#N)(n1ccc(-c3nc(-c4cc[nH]n4)cc4ncccc34)n1)C2. The summed E-state index contributed by atoms with van der Waals surface area (Å²) in [5.41, 5.74) is 3.54. The highest BCUT2D eigenvalue weighted by Gasteiger charge is 2.61. The average Bonchev–Trinajstić information content (AvgIpc) is 3.46. The standard InChI is InChI=1S/C24H22N8O/c1-16(33)31-14-23(15-31)12-24(13-23,6-7-25)32-10-5-19(30-32)22-17-3-2-8-26-20(17)11-21(28-22)18-4-9-27-29-18/h2-5,8-11H,6,12-15H2,1H3,(H,27,29). The number of fused-ring (bicyclic) bond motifs is 1. The number of H-pyrrole nitrogens is 1. The van der Waals surface area contributed by atoms with E-state index < -0.39 is 0 Å². The van der Waals surface area contributed by atoms with Crippen LogP contribution >= 0.6 is 0 Å². The van der Waals surface area contributed by atoms with Crippen LogP contribution in [0.15, 0.2) is 48.9 Å². The second-order valence-electron chi connectivity index (χ2n) is 9.32. The van der Waals surface area contributed by atoms with Crippen molar-refractivity contribution in [3.8, 4) is 28.8 Å². The summed E-state index contributed by atoms with van der Waals surface area (Å²) < 4.78 is 1.94. The molecule has 4 aromatic rings. The van der Waals surface area contributed by atoms with Crippen LogP contribution < -0.4 is 0 Å². The Kier molecular flexibility index (Phi) is 4.14. The maximum absolute atomic E-state index is 11.6. The number of nitriles is 1. The number of rotatable bonds is 4. The van der Waals surface area contributed by atoms with Gasteiger partial charge in [-0.2, -0.15) is 15.5 Å². The van der Waals surface area contributed by atoms with Crippen LogP contribution in [0.3, 0.4) is 0 Å². The molecule has 0 radical (unpaired) electrons. The van der Waals surface area contributed by atoms with Crippen molar-refractivity contribution >= 4 is 16.8 Å². The summed E-state index contributed by atoms with van der Waals surface area (Å²) in [6.45, 7) is 3.15. The van der Waals surface area contributed by atoms with E-state index in [1.165, 1.54) is 0 Å². The number of pyridine rings is 2. The second kappa shape index (κ2) is 6.97. The normalized spacial score (nSPS) is 18.0. The van der Waals surface area contributed by atoms with Crippen LogP contribution in [0.5, 0.6) is 0 Å². The smallest absolute Gasteiger partial charge is 0.219 e. The average molecular weight is 438 g/mol. The number of amides is 1. The first kappa shape index (κ1) is 19.6. The van der Waals surface area contributed by atoms with Gasteiger partial charge in [0.25, 0.3) is 0 Å². The van der Waals surface area contributed by atoms with Gasteiger partial charge >= 0.3 is 0 Å². The fourth-order valence-corrected chi connectivity index (χ4v) is 5.59. The van der Waals surface area contributed by atoms with Gasteiger partial charge < -0.3 is 4.90 Å². The lowest BCUT2D eigenvalue weighted by atomic mass is 9.52. The molecule has 1 amide bonds. The van der Waals surface area contributed by atoms with Crippen molar-refractivity contribution in [2.24, 2.45) is 5.41 Å². The van der Waals surface area contributed by atoms with Gasteiger partial charge in [-0.05, 0) is 43.2 Å². The van der Waals surface area contributed by atoms with Crippen molar-refractivity contribution in [3.05, 3.63) is 48.9 Å². The van der Waals surface area contributed by atoms with Crippen LogP contribution in [0.2, 0.25) is 0 Å². The first-order valence-corrected chi connectivity index (χ1v) is 11.0. The number of carbonyl (C=O) groups excluding carboxylic acids is 1. The lowest BCUT2D eigenvalue weighted by Gasteiger charge is -2.63. The minimum atomic E-state index is -0.344. The molecule has 1 aliphatic carbocycles. The highest BCUT2D eigenvalue weighted by molar-refractivity contribution is 5.93. The molecule has 6 rings (SSSR count). The molecule has 5 heterocycles. The number of nitrogens with one attached hydrogen (secondary N) is 1. The third kappa shape index (κ3) is 3.02. The minimum Gasteiger partial charge on any atom is -0.342 e. The molecule has 2 aliphatic rings. The number of nitrogens with zero attached hydrogens (tertiary/aromatic N) is 7. The quantitative estimate of drug-likeness (QED) is 0.523. The molecule has 0 aromatic carbocycles. The van der Waals surface area contributed by atoms with Crippen LogP contribution in [-0.4, -0.2) is 53.8 Å². The second-order valence-corrected chi connectivity index (χ2v) is 9.32. The van der Waals surface area contributed by atoms with E-state index in [2.05, 4.69) is 21.3 Å². The summed E-state index contributed by atoms with van der Waals surface area (Å²) in [7, 11) is 0. The molecule has 1 saturated carbocycles. The van der Waals surface area contributed by atoms with Crippen LogP contribution in [0, 0.1) is 16.7 Å². The molecule has 2 fully saturated rings. The molecule has 4 aromatic heterocycles. The zero-order chi connectivity index (χ0) is 22.6. The zero-order valence-corrected chi connectivity index (χ0v) is 18.2. The molecule has 0 bridgehead atoms. The van der Waals surface area contributed by atoms with Crippen molar-refractivity contribution in [2.75, 3.05) is 13.1 Å². The Balaban J connectivity index is 1.37. The Labute approximate surface area is 190 Å². The predicted octanol–water partition coefficient (Wildman–Crippen LogP) is 3.13. The predicted molar refractivity (Wildman–Crippen MR) is 120 cm³/mol. The number of likely N-dealkylation sites (tertiary alicyclic amines) is 1. The molecule has 0 atom stereocenters. The van der Waals surface area contributed by atoms with Gasteiger partial charge in [0, 0.05) is 49.4 Å². The van der Waals surface area contributed by atoms with Gasteiger partial charge in [-0.15, -0.1) is 0 Å². The van der Waals surface area contributed by atoms with Crippen molar-refractivity contribution in [2.45, 2.75) is 31.7 Å². The van der Waals surface area contributed by atoms with Gasteiger partial charge in [0.2, 0.25) is 5.91 Å². The Morgan fingerprint density at radius 2 is 2.06 bits per heavy atom. The zero-order valence-electron chi connectivity index (χ0n) is 18.2. The number of aromatic nitrogens is 6. The largest absolute Gasteiger partial charge is 0.342 e. The lowest BCUT2D eigenvalue weighted by Crippen LogP contribution is -2.69. The van der Waals surface area contributed by atoms with E-state index >= 15 is 0 Å². The third-order valence-corrected chi connectivity index (χ3v) is 6.99. The summed E-state index contributed by atoms with van der Waals surface area (Å²) >= 11 is 0. The molecular formula is C24H22N8O. The van der Waals surface area contributed by atoms with Gasteiger partial charge in [0.1, 0.15) is 17.1 Å². The van der Waals surface area contributed by atoms with E-state index in [9.17, 15) is 10.1 Å². The van der Waals surface area contributed by atoms with E-state index in [0.717, 1.165) is 59.6 Å². The fraction of sp³-hybridized carbons (Fsp3) is 0.333. The highest BCUT2D eigenvalue weighted by Crippen LogP contribution is 2.59. The van der Waals surface area contributed by atoms with E-state index in [-0.39, 0.29) is 16.9 Å². The molecule has 9 heteroatoms.